The van der Waals surface area contributed by atoms with E-state index in [-0.39, 0.29) is 11.5 Å². The van der Waals surface area contributed by atoms with Crippen molar-refractivity contribution >= 4 is 33.8 Å². The average molecular weight is 511 g/mol. The molecule has 1 fully saturated rings. The van der Waals surface area contributed by atoms with E-state index in [9.17, 15) is 9.59 Å². The molecule has 4 aromatic heterocycles. The van der Waals surface area contributed by atoms with Gasteiger partial charge in [-0.3, -0.25) is 19.1 Å². The van der Waals surface area contributed by atoms with E-state index in [1.807, 2.05) is 24.3 Å². The number of ether oxygens (including phenoxy) is 1. The lowest BCUT2D eigenvalue weighted by Gasteiger charge is -2.26. The Morgan fingerprint density at radius 3 is 2.55 bits per heavy atom. The monoisotopic (exact) mass is 510 g/mol. The van der Waals surface area contributed by atoms with Crippen molar-refractivity contribution in [1.82, 2.24) is 24.8 Å². The van der Waals surface area contributed by atoms with Gasteiger partial charge in [0.1, 0.15) is 5.52 Å². The fourth-order valence-corrected chi connectivity index (χ4v) is 4.72. The number of nitrogens with zero attached hydrogens (tertiary/aromatic N) is 4. The number of piperazine rings is 1. The smallest absolute Gasteiger partial charge is 0.255 e. The summed E-state index contributed by atoms with van der Waals surface area (Å²) in [6.07, 6.45) is 3.43. The molecule has 0 unspecified atom stereocenters. The molecule has 0 saturated carbocycles. The van der Waals surface area contributed by atoms with Crippen LogP contribution in [0.3, 0.4) is 0 Å². The summed E-state index contributed by atoms with van der Waals surface area (Å²) in [5.41, 5.74) is 4.42. The molecule has 5 heterocycles. The maximum absolute atomic E-state index is 13.1. The number of benzene rings is 1. The third-order valence-electron chi connectivity index (χ3n) is 6.63. The fourth-order valence-electron chi connectivity index (χ4n) is 4.72. The summed E-state index contributed by atoms with van der Waals surface area (Å²) in [5, 5.41) is 6.94. The first-order valence-electron chi connectivity index (χ1n) is 12.4. The van der Waals surface area contributed by atoms with Crippen molar-refractivity contribution in [2.24, 2.45) is 0 Å². The number of hydrogen-bond acceptors (Lipinski definition) is 8. The minimum absolute atomic E-state index is 0.0635. The summed E-state index contributed by atoms with van der Waals surface area (Å²) in [7, 11) is 1.57. The molecule has 1 aliphatic heterocycles. The summed E-state index contributed by atoms with van der Waals surface area (Å²) in [6.45, 7) is 3.83. The van der Waals surface area contributed by atoms with Crippen molar-refractivity contribution in [2.45, 2.75) is 0 Å². The minimum Gasteiger partial charge on any atom is -0.481 e. The first-order chi connectivity index (χ1) is 18.6. The first kappa shape index (κ1) is 23.8. The Balaban J connectivity index is 1.33. The summed E-state index contributed by atoms with van der Waals surface area (Å²) in [4.78, 5) is 36.5. The Morgan fingerprint density at radius 1 is 1.03 bits per heavy atom. The third kappa shape index (κ3) is 4.62. The number of pyridine rings is 3. The van der Waals surface area contributed by atoms with Gasteiger partial charge in [0.2, 0.25) is 17.5 Å². The number of carbonyl (C=O) groups is 1. The number of furan rings is 1. The van der Waals surface area contributed by atoms with Crippen molar-refractivity contribution in [1.29, 1.82) is 0 Å². The Hall–Kier alpha value is -4.54. The van der Waals surface area contributed by atoms with E-state index in [0.29, 0.717) is 46.0 Å². The van der Waals surface area contributed by atoms with Crippen LogP contribution in [0.1, 0.15) is 0 Å². The van der Waals surface area contributed by atoms with Gasteiger partial charge >= 0.3 is 0 Å². The SMILES string of the molecule is COc1ccc(-c2cnc3oc4ccc(=O)n(-c5ccc(NC(=O)CN6CCNCC6)cc5)c4c3c2)cn1. The summed E-state index contributed by atoms with van der Waals surface area (Å²) >= 11 is 0. The standard InChI is InChI=1S/C28H26N6O4/c1-37-25-8-2-18(15-30-25)19-14-22-27-23(38-28(22)31-16-19)7-9-26(36)34(27)21-5-3-20(4-6-21)32-24(35)17-33-12-10-29-11-13-33/h2-9,14-16,29H,10-13,17H2,1H3,(H,32,35). The molecule has 2 N–H and O–H groups in total. The number of methoxy groups -OCH3 is 1. The highest BCUT2D eigenvalue weighted by atomic mass is 16.5. The van der Waals surface area contributed by atoms with Gasteiger partial charge in [-0.2, -0.15) is 0 Å². The van der Waals surface area contributed by atoms with Gasteiger partial charge in [0, 0.05) is 73.2 Å². The number of fused-ring (bicyclic) bond motifs is 3. The molecule has 10 nitrogen and oxygen atoms in total. The Morgan fingerprint density at radius 2 is 1.82 bits per heavy atom. The van der Waals surface area contributed by atoms with Gasteiger partial charge < -0.3 is 19.8 Å². The van der Waals surface area contributed by atoms with Crippen molar-refractivity contribution in [2.75, 3.05) is 45.2 Å². The number of nitrogens with one attached hydrogen (secondary N) is 2. The second-order valence-electron chi connectivity index (χ2n) is 9.11. The van der Waals surface area contributed by atoms with E-state index >= 15 is 0 Å². The van der Waals surface area contributed by atoms with E-state index in [2.05, 4.69) is 25.5 Å². The topological polar surface area (TPSA) is 115 Å². The molecule has 5 aromatic rings. The van der Waals surface area contributed by atoms with Crippen LogP contribution in [0, 0.1) is 0 Å². The van der Waals surface area contributed by atoms with Crippen LogP contribution in [0.5, 0.6) is 5.88 Å². The molecule has 6 rings (SSSR count). The molecule has 0 radical (unpaired) electrons. The molecule has 1 aromatic carbocycles. The van der Waals surface area contributed by atoms with Crippen LogP contribution in [0.2, 0.25) is 0 Å². The van der Waals surface area contributed by atoms with E-state index in [1.165, 1.54) is 6.07 Å². The Kier molecular flexibility index (Phi) is 6.32. The maximum atomic E-state index is 13.1. The predicted octanol–water partition coefficient (Wildman–Crippen LogP) is 3.05. The normalized spacial score (nSPS) is 14.1. The maximum Gasteiger partial charge on any atom is 0.255 e. The average Bonchev–Trinajstić information content (AvgIpc) is 3.32. The van der Waals surface area contributed by atoms with Gasteiger partial charge in [-0.25, -0.2) is 9.97 Å². The molecule has 0 atom stereocenters. The van der Waals surface area contributed by atoms with E-state index in [0.717, 1.165) is 37.3 Å². The quantitative estimate of drug-likeness (QED) is 0.358. The number of aromatic nitrogens is 3. The highest BCUT2D eigenvalue weighted by molar-refractivity contribution is 6.03. The number of carbonyl (C=O) groups excluding carboxylic acids is 1. The molecule has 10 heteroatoms. The molecule has 1 saturated heterocycles. The van der Waals surface area contributed by atoms with E-state index in [1.54, 1.807) is 48.3 Å². The van der Waals surface area contributed by atoms with Crippen molar-refractivity contribution in [3.05, 3.63) is 77.3 Å². The zero-order valence-electron chi connectivity index (χ0n) is 20.8. The number of amides is 1. The Labute approximate surface area is 217 Å². The second-order valence-corrected chi connectivity index (χ2v) is 9.11. The summed E-state index contributed by atoms with van der Waals surface area (Å²) in [6, 6.07) is 16.0. The van der Waals surface area contributed by atoms with Gasteiger partial charge in [-0.15, -0.1) is 0 Å². The molecular weight excluding hydrogens is 484 g/mol. The lowest BCUT2D eigenvalue weighted by atomic mass is 10.1. The van der Waals surface area contributed by atoms with Gasteiger partial charge in [-0.05, 0) is 42.5 Å². The number of hydrogen-bond donors (Lipinski definition) is 2. The molecule has 192 valence electrons. The number of rotatable bonds is 6. The predicted molar refractivity (Wildman–Crippen MR) is 145 cm³/mol. The Bertz CT molecular complexity index is 1670. The van der Waals surface area contributed by atoms with Gasteiger partial charge in [0.25, 0.3) is 5.56 Å². The highest BCUT2D eigenvalue weighted by Gasteiger charge is 2.17. The lowest BCUT2D eigenvalue weighted by Crippen LogP contribution is -2.46. The molecule has 1 amide bonds. The lowest BCUT2D eigenvalue weighted by molar-refractivity contribution is -0.117. The third-order valence-corrected chi connectivity index (χ3v) is 6.63. The van der Waals surface area contributed by atoms with Gasteiger partial charge in [-0.1, -0.05) is 0 Å². The molecule has 38 heavy (non-hydrogen) atoms. The molecule has 0 bridgehead atoms. The van der Waals surface area contributed by atoms with E-state index < -0.39 is 0 Å². The van der Waals surface area contributed by atoms with Crippen LogP contribution in [0.15, 0.2) is 76.2 Å². The van der Waals surface area contributed by atoms with Crippen LogP contribution >= 0.6 is 0 Å². The van der Waals surface area contributed by atoms with Crippen LogP contribution in [0.4, 0.5) is 5.69 Å². The number of anilines is 1. The second kappa shape index (κ2) is 10.1. The molecule has 0 aliphatic carbocycles. The van der Waals surface area contributed by atoms with Crippen molar-refractivity contribution in [3.63, 3.8) is 0 Å². The van der Waals surface area contributed by atoms with Gasteiger partial charge in [0.15, 0.2) is 5.58 Å². The zero-order chi connectivity index (χ0) is 26.1. The fraction of sp³-hybridized carbons (Fsp3) is 0.214. The molecule has 0 spiro atoms. The highest BCUT2D eigenvalue weighted by Crippen LogP contribution is 2.31. The minimum atomic E-state index is -0.202. The van der Waals surface area contributed by atoms with Crippen molar-refractivity contribution in [3.8, 4) is 22.7 Å². The summed E-state index contributed by atoms with van der Waals surface area (Å²) in [5.74, 6) is 0.459. The first-order valence-corrected chi connectivity index (χ1v) is 12.4. The van der Waals surface area contributed by atoms with Crippen LogP contribution in [0.25, 0.3) is 39.0 Å². The molecule has 1 aliphatic rings. The largest absolute Gasteiger partial charge is 0.481 e. The van der Waals surface area contributed by atoms with Crippen LogP contribution in [-0.4, -0.2) is 65.2 Å². The van der Waals surface area contributed by atoms with E-state index in [4.69, 9.17) is 9.15 Å². The zero-order valence-corrected chi connectivity index (χ0v) is 20.8. The van der Waals surface area contributed by atoms with Crippen molar-refractivity contribution < 1.29 is 13.9 Å². The molecular formula is C28H26N6O4. The van der Waals surface area contributed by atoms with Crippen LogP contribution < -0.4 is 20.9 Å². The summed E-state index contributed by atoms with van der Waals surface area (Å²) < 4.78 is 12.7. The van der Waals surface area contributed by atoms with Crippen LogP contribution in [-0.2, 0) is 4.79 Å². The van der Waals surface area contributed by atoms with Gasteiger partial charge in [0.05, 0.1) is 19.0 Å².